The van der Waals surface area contributed by atoms with Crippen molar-refractivity contribution >= 4 is 38.5 Å². The van der Waals surface area contributed by atoms with E-state index in [1.54, 1.807) is 38.1 Å². The maximum absolute atomic E-state index is 12.6. The maximum Gasteiger partial charge on any atom is 0.257 e. The van der Waals surface area contributed by atoms with Gasteiger partial charge in [0.05, 0.1) is 29.7 Å². The Bertz CT molecular complexity index is 1400. The highest BCUT2D eigenvalue weighted by molar-refractivity contribution is 7.22. The lowest BCUT2D eigenvalue weighted by molar-refractivity contribution is 0.0785. The van der Waals surface area contributed by atoms with E-state index in [9.17, 15) is 14.7 Å². The molecular formula is C23H22N6O3S. The predicted octanol–water partition coefficient (Wildman–Crippen LogP) is 2.82. The molecule has 10 heteroatoms. The molecule has 1 aliphatic rings. The van der Waals surface area contributed by atoms with E-state index in [0.29, 0.717) is 46.1 Å². The molecule has 0 atom stereocenters. The normalized spacial score (nSPS) is 13.7. The van der Waals surface area contributed by atoms with Gasteiger partial charge in [-0.2, -0.15) is 0 Å². The fraction of sp³-hybridized carbons (Fsp3) is 0.261. The lowest BCUT2D eigenvalue weighted by Crippen LogP contribution is -2.35. The van der Waals surface area contributed by atoms with Crippen LogP contribution in [0.15, 0.2) is 47.5 Å². The third kappa shape index (κ3) is 4.22. The summed E-state index contributed by atoms with van der Waals surface area (Å²) in [6.45, 7) is 4.55. The SMILES string of the molecule is CC(C)(O)c1ccc(C(=O)Nc2nc3ccc(N4CCc5nc[nH]c(=O)c5C4)nc3s2)cc1. The van der Waals surface area contributed by atoms with E-state index in [2.05, 4.69) is 20.3 Å². The highest BCUT2D eigenvalue weighted by Crippen LogP contribution is 2.29. The highest BCUT2D eigenvalue weighted by atomic mass is 32.1. The first-order valence-corrected chi connectivity index (χ1v) is 11.3. The van der Waals surface area contributed by atoms with Crippen LogP contribution in [0.25, 0.3) is 10.3 Å². The Hall–Kier alpha value is -3.63. The molecule has 33 heavy (non-hydrogen) atoms. The summed E-state index contributed by atoms with van der Waals surface area (Å²) in [4.78, 5) is 43.6. The molecule has 4 heterocycles. The van der Waals surface area contributed by atoms with Crippen LogP contribution in [0.5, 0.6) is 0 Å². The lowest BCUT2D eigenvalue weighted by Gasteiger charge is -2.28. The smallest absolute Gasteiger partial charge is 0.257 e. The molecule has 3 aromatic heterocycles. The van der Waals surface area contributed by atoms with Crippen LogP contribution in [0.2, 0.25) is 0 Å². The number of benzene rings is 1. The quantitative estimate of drug-likeness (QED) is 0.426. The van der Waals surface area contributed by atoms with Crippen LogP contribution in [-0.4, -0.2) is 37.5 Å². The Morgan fingerprint density at radius 3 is 2.73 bits per heavy atom. The second kappa shape index (κ2) is 8.05. The van der Waals surface area contributed by atoms with Crippen molar-refractivity contribution in [2.75, 3.05) is 16.8 Å². The average Bonchev–Trinajstić information content (AvgIpc) is 3.20. The molecule has 0 unspecified atom stereocenters. The minimum Gasteiger partial charge on any atom is -0.386 e. The topological polar surface area (TPSA) is 124 Å². The summed E-state index contributed by atoms with van der Waals surface area (Å²) in [5, 5.41) is 13.4. The molecule has 1 amide bonds. The first-order valence-electron chi connectivity index (χ1n) is 10.5. The van der Waals surface area contributed by atoms with Gasteiger partial charge in [0.1, 0.15) is 16.2 Å². The monoisotopic (exact) mass is 462 g/mol. The van der Waals surface area contributed by atoms with Crippen molar-refractivity contribution in [1.82, 2.24) is 19.9 Å². The van der Waals surface area contributed by atoms with Crippen molar-refractivity contribution in [3.05, 3.63) is 75.5 Å². The second-order valence-corrected chi connectivity index (χ2v) is 9.41. The first kappa shape index (κ1) is 21.2. The van der Waals surface area contributed by atoms with E-state index in [1.807, 2.05) is 17.0 Å². The number of fused-ring (bicyclic) bond motifs is 2. The number of amides is 1. The summed E-state index contributed by atoms with van der Waals surface area (Å²) >= 11 is 1.29. The van der Waals surface area contributed by atoms with Gasteiger partial charge in [-0.3, -0.25) is 14.9 Å². The van der Waals surface area contributed by atoms with Gasteiger partial charge >= 0.3 is 0 Å². The number of carbonyl (C=O) groups excluding carboxylic acids is 1. The van der Waals surface area contributed by atoms with E-state index >= 15 is 0 Å². The van der Waals surface area contributed by atoms with Gasteiger partial charge in [-0.25, -0.2) is 15.0 Å². The van der Waals surface area contributed by atoms with Crippen molar-refractivity contribution in [2.24, 2.45) is 0 Å². The number of hydrogen-bond donors (Lipinski definition) is 3. The average molecular weight is 463 g/mol. The number of nitrogens with zero attached hydrogens (tertiary/aromatic N) is 4. The Balaban J connectivity index is 1.34. The molecule has 5 rings (SSSR count). The molecule has 0 aliphatic carbocycles. The van der Waals surface area contributed by atoms with Crippen molar-refractivity contribution in [1.29, 1.82) is 0 Å². The van der Waals surface area contributed by atoms with Gasteiger partial charge in [-0.05, 0) is 43.7 Å². The van der Waals surface area contributed by atoms with Crippen LogP contribution in [0.1, 0.15) is 41.0 Å². The molecule has 1 aromatic carbocycles. The maximum atomic E-state index is 12.6. The molecule has 0 saturated carbocycles. The van der Waals surface area contributed by atoms with Crippen LogP contribution in [0.3, 0.4) is 0 Å². The number of pyridine rings is 1. The zero-order chi connectivity index (χ0) is 23.2. The number of thiazole rings is 1. The number of aromatic amines is 1. The van der Waals surface area contributed by atoms with Gasteiger partial charge in [0.25, 0.3) is 11.5 Å². The standard InChI is InChI=1S/C23H22N6O3S/c1-23(2,32)14-5-3-13(4-6-14)19(30)28-22-26-17-7-8-18(27-21(17)33-22)29-10-9-16-15(11-29)20(31)25-12-24-16/h3-8,12,32H,9-11H2,1-2H3,(H,24,25,31)(H,26,28,30). The molecule has 0 bridgehead atoms. The molecule has 0 saturated heterocycles. The van der Waals surface area contributed by atoms with Gasteiger partial charge in [0, 0.05) is 18.5 Å². The largest absolute Gasteiger partial charge is 0.386 e. The summed E-state index contributed by atoms with van der Waals surface area (Å²) in [5.41, 5.74) is 2.30. The van der Waals surface area contributed by atoms with Gasteiger partial charge in [0.15, 0.2) is 5.13 Å². The van der Waals surface area contributed by atoms with Crippen molar-refractivity contribution in [3.8, 4) is 0 Å². The zero-order valence-electron chi connectivity index (χ0n) is 18.1. The van der Waals surface area contributed by atoms with Gasteiger partial charge in [-0.15, -0.1) is 0 Å². The van der Waals surface area contributed by atoms with E-state index < -0.39 is 5.60 Å². The second-order valence-electron chi connectivity index (χ2n) is 8.43. The zero-order valence-corrected chi connectivity index (χ0v) is 18.9. The number of hydrogen-bond acceptors (Lipinski definition) is 8. The number of anilines is 2. The summed E-state index contributed by atoms with van der Waals surface area (Å²) in [5.74, 6) is 0.469. The van der Waals surface area contributed by atoms with Crippen LogP contribution in [0, 0.1) is 0 Å². The summed E-state index contributed by atoms with van der Waals surface area (Å²) < 4.78 is 0. The first-order chi connectivity index (χ1) is 15.8. The summed E-state index contributed by atoms with van der Waals surface area (Å²) in [7, 11) is 0. The Labute approximate surface area is 193 Å². The van der Waals surface area contributed by atoms with Gasteiger partial charge in [-0.1, -0.05) is 23.5 Å². The molecule has 9 nitrogen and oxygen atoms in total. The minimum absolute atomic E-state index is 0.121. The molecule has 168 valence electrons. The fourth-order valence-electron chi connectivity index (χ4n) is 3.79. The van der Waals surface area contributed by atoms with Crippen molar-refractivity contribution in [3.63, 3.8) is 0 Å². The number of carbonyl (C=O) groups is 1. The van der Waals surface area contributed by atoms with Crippen molar-refractivity contribution < 1.29 is 9.90 Å². The number of nitrogens with one attached hydrogen (secondary N) is 2. The third-order valence-corrected chi connectivity index (χ3v) is 6.53. The lowest BCUT2D eigenvalue weighted by atomic mass is 9.97. The van der Waals surface area contributed by atoms with E-state index in [1.165, 1.54) is 17.7 Å². The van der Waals surface area contributed by atoms with Crippen LogP contribution >= 0.6 is 11.3 Å². The van der Waals surface area contributed by atoms with Crippen molar-refractivity contribution in [2.45, 2.75) is 32.4 Å². The Kier molecular flexibility index (Phi) is 5.18. The predicted molar refractivity (Wildman–Crippen MR) is 127 cm³/mol. The fourth-order valence-corrected chi connectivity index (χ4v) is 4.61. The number of rotatable bonds is 4. The van der Waals surface area contributed by atoms with Crippen LogP contribution in [-0.2, 0) is 18.6 Å². The number of aromatic nitrogens is 4. The molecule has 1 aliphatic heterocycles. The van der Waals surface area contributed by atoms with E-state index in [4.69, 9.17) is 4.98 Å². The van der Waals surface area contributed by atoms with E-state index in [0.717, 1.165) is 17.1 Å². The van der Waals surface area contributed by atoms with Crippen LogP contribution < -0.4 is 15.8 Å². The third-order valence-electron chi connectivity index (χ3n) is 5.64. The number of aliphatic hydroxyl groups is 1. The number of H-pyrrole nitrogens is 1. The van der Waals surface area contributed by atoms with E-state index in [-0.39, 0.29) is 11.5 Å². The van der Waals surface area contributed by atoms with Crippen LogP contribution in [0.4, 0.5) is 10.9 Å². The summed E-state index contributed by atoms with van der Waals surface area (Å²) in [6, 6.07) is 10.6. The van der Waals surface area contributed by atoms with Gasteiger partial charge in [0.2, 0.25) is 0 Å². The Morgan fingerprint density at radius 2 is 1.97 bits per heavy atom. The molecule has 0 spiro atoms. The summed E-state index contributed by atoms with van der Waals surface area (Å²) in [6.07, 6.45) is 2.12. The minimum atomic E-state index is -0.966. The molecule has 4 aromatic rings. The molecule has 0 fully saturated rings. The highest BCUT2D eigenvalue weighted by Gasteiger charge is 2.22. The molecule has 0 radical (unpaired) electrons. The molecular weight excluding hydrogens is 440 g/mol. The Morgan fingerprint density at radius 1 is 1.18 bits per heavy atom. The van der Waals surface area contributed by atoms with Gasteiger partial charge < -0.3 is 15.0 Å². The molecule has 3 N–H and O–H groups in total.